The molecule has 106 valence electrons. The monoisotopic (exact) mass is 294 g/mol. The zero-order chi connectivity index (χ0) is 14.3. The average molecular weight is 295 g/mol. The molecule has 0 spiro atoms. The molecule has 2 saturated heterocycles. The van der Waals surface area contributed by atoms with Gasteiger partial charge in [0.1, 0.15) is 6.29 Å². The summed E-state index contributed by atoms with van der Waals surface area (Å²) in [5.74, 6) is 0.698. The van der Waals surface area contributed by atoms with Crippen molar-refractivity contribution in [1.82, 2.24) is 4.90 Å². The van der Waals surface area contributed by atoms with Crippen LogP contribution in [-0.2, 0) is 0 Å². The van der Waals surface area contributed by atoms with Crippen molar-refractivity contribution in [3.63, 3.8) is 0 Å². The fourth-order valence-corrected chi connectivity index (χ4v) is 3.43. The molecule has 6 heteroatoms. The molecule has 1 aromatic rings. The van der Waals surface area contributed by atoms with Gasteiger partial charge in [-0.3, -0.25) is 4.79 Å². The Hall–Kier alpha value is -1.75. The number of hydrogen-bond donors (Lipinski definition) is 1. The Balaban J connectivity index is 1.76. The van der Waals surface area contributed by atoms with E-state index in [9.17, 15) is 9.59 Å². The van der Waals surface area contributed by atoms with E-state index in [1.807, 2.05) is 0 Å². The van der Waals surface area contributed by atoms with Crippen LogP contribution in [0.15, 0.2) is 18.2 Å². The molecule has 20 heavy (non-hydrogen) atoms. The van der Waals surface area contributed by atoms with Crippen LogP contribution in [0, 0.1) is 11.8 Å². The molecule has 0 aliphatic carbocycles. The lowest BCUT2D eigenvalue weighted by atomic mass is 10.0. The minimum absolute atomic E-state index is 0.349. The van der Waals surface area contributed by atoms with Gasteiger partial charge in [-0.15, -0.1) is 0 Å². The van der Waals surface area contributed by atoms with Crippen molar-refractivity contribution in [3.8, 4) is 0 Å². The zero-order valence-corrected chi connectivity index (χ0v) is 11.6. The highest BCUT2D eigenvalue weighted by Crippen LogP contribution is 2.37. The van der Waals surface area contributed by atoms with Crippen LogP contribution in [-0.4, -0.2) is 48.6 Å². The van der Waals surface area contributed by atoms with Crippen LogP contribution in [0.3, 0.4) is 0 Å². The van der Waals surface area contributed by atoms with E-state index in [1.165, 1.54) is 4.90 Å². The number of rotatable bonds is 2. The smallest absolute Gasteiger partial charge is 0.407 e. The third kappa shape index (κ3) is 2.22. The highest BCUT2D eigenvalue weighted by atomic mass is 35.5. The molecule has 5 nitrogen and oxygen atoms in total. The molecule has 2 aliphatic rings. The Morgan fingerprint density at radius 3 is 2.45 bits per heavy atom. The topological polar surface area (TPSA) is 60.9 Å². The molecule has 0 radical (unpaired) electrons. The molecule has 0 aromatic heterocycles. The molecule has 2 atom stereocenters. The summed E-state index contributed by atoms with van der Waals surface area (Å²) in [6, 6.07) is 5.23. The maximum Gasteiger partial charge on any atom is 0.407 e. The van der Waals surface area contributed by atoms with E-state index in [1.54, 1.807) is 18.2 Å². The van der Waals surface area contributed by atoms with Gasteiger partial charge in [0.15, 0.2) is 0 Å². The first-order valence-electron chi connectivity index (χ1n) is 6.56. The fourth-order valence-electron chi connectivity index (χ4n) is 3.19. The lowest BCUT2D eigenvalue weighted by Gasteiger charge is -2.23. The van der Waals surface area contributed by atoms with Gasteiger partial charge in [0, 0.05) is 43.6 Å². The number of carbonyl (C=O) groups excluding carboxylic acids is 1. The van der Waals surface area contributed by atoms with Crippen molar-refractivity contribution < 1.29 is 14.7 Å². The minimum atomic E-state index is -0.841. The van der Waals surface area contributed by atoms with E-state index in [-0.39, 0.29) is 0 Å². The van der Waals surface area contributed by atoms with Gasteiger partial charge in [-0.2, -0.15) is 0 Å². The summed E-state index contributed by atoms with van der Waals surface area (Å²) in [4.78, 5) is 25.5. The van der Waals surface area contributed by atoms with Crippen molar-refractivity contribution in [1.29, 1.82) is 0 Å². The Morgan fingerprint density at radius 2 is 1.90 bits per heavy atom. The molecule has 0 bridgehead atoms. The van der Waals surface area contributed by atoms with E-state index in [0.29, 0.717) is 35.5 Å². The Morgan fingerprint density at radius 1 is 1.25 bits per heavy atom. The highest BCUT2D eigenvalue weighted by molar-refractivity contribution is 6.33. The molecule has 2 aliphatic heterocycles. The van der Waals surface area contributed by atoms with Crippen molar-refractivity contribution in [2.75, 3.05) is 31.1 Å². The minimum Gasteiger partial charge on any atom is -0.465 e. The maximum absolute atomic E-state index is 11.0. The Labute approximate surface area is 121 Å². The predicted molar refractivity (Wildman–Crippen MR) is 75.6 cm³/mol. The number of carbonyl (C=O) groups is 2. The number of anilines is 1. The van der Waals surface area contributed by atoms with Crippen LogP contribution in [0.4, 0.5) is 10.5 Å². The molecule has 1 aromatic carbocycles. The lowest BCUT2D eigenvalue weighted by Crippen LogP contribution is -2.32. The van der Waals surface area contributed by atoms with Crippen molar-refractivity contribution in [2.24, 2.45) is 11.8 Å². The first kappa shape index (κ1) is 13.2. The molecule has 2 unspecified atom stereocenters. The molecule has 3 rings (SSSR count). The van der Waals surface area contributed by atoms with Crippen LogP contribution in [0.2, 0.25) is 5.02 Å². The lowest BCUT2D eigenvalue weighted by molar-refractivity contribution is 0.112. The molecule has 1 N–H and O–H groups in total. The molecule has 0 saturated carbocycles. The van der Waals surface area contributed by atoms with Crippen LogP contribution in [0.25, 0.3) is 0 Å². The SMILES string of the molecule is O=Cc1ccc(Cl)c(N2CC3CN(C(=O)O)CC3C2)c1. The number of nitrogens with zero attached hydrogens (tertiary/aromatic N) is 2. The number of fused-ring (bicyclic) bond motifs is 1. The van der Waals surface area contributed by atoms with Gasteiger partial charge in [0.25, 0.3) is 0 Å². The summed E-state index contributed by atoms with van der Waals surface area (Å²) in [6.07, 6.45) is -0.0324. The summed E-state index contributed by atoms with van der Waals surface area (Å²) in [6.45, 7) is 2.75. The third-order valence-electron chi connectivity index (χ3n) is 4.20. The van der Waals surface area contributed by atoms with E-state index >= 15 is 0 Å². The van der Waals surface area contributed by atoms with Crippen LogP contribution < -0.4 is 4.90 Å². The van der Waals surface area contributed by atoms with Crippen LogP contribution in [0.1, 0.15) is 10.4 Å². The van der Waals surface area contributed by atoms with Gasteiger partial charge in [0.05, 0.1) is 10.7 Å². The molecule has 1 amide bonds. The summed E-state index contributed by atoms with van der Waals surface area (Å²) in [5.41, 5.74) is 1.47. The Kier molecular flexibility index (Phi) is 3.30. The zero-order valence-electron chi connectivity index (χ0n) is 10.8. The van der Waals surface area contributed by atoms with Crippen molar-refractivity contribution in [3.05, 3.63) is 28.8 Å². The second-order valence-electron chi connectivity index (χ2n) is 5.44. The van der Waals surface area contributed by atoms with Gasteiger partial charge in [0.2, 0.25) is 0 Å². The van der Waals surface area contributed by atoms with Crippen molar-refractivity contribution in [2.45, 2.75) is 0 Å². The fraction of sp³-hybridized carbons (Fsp3) is 0.429. The first-order valence-corrected chi connectivity index (χ1v) is 6.94. The van der Waals surface area contributed by atoms with Crippen LogP contribution in [0.5, 0.6) is 0 Å². The summed E-state index contributed by atoms with van der Waals surface area (Å²) >= 11 is 6.21. The molecule has 2 heterocycles. The van der Waals surface area contributed by atoms with Gasteiger partial charge >= 0.3 is 6.09 Å². The predicted octanol–water partition coefficient (Wildman–Crippen LogP) is 2.20. The van der Waals surface area contributed by atoms with Gasteiger partial charge in [-0.1, -0.05) is 17.7 Å². The highest BCUT2D eigenvalue weighted by Gasteiger charge is 2.42. The Bertz CT molecular complexity index is 549. The summed E-state index contributed by atoms with van der Waals surface area (Å²) in [7, 11) is 0. The van der Waals surface area contributed by atoms with E-state index in [2.05, 4.69) is 4.90 Å². The number of amides is 1. The summed E-state index contributed by atoms with van der Waals surface area (Å²) in [5, 5.41) is 9.65. The molecular weight excluding hydrogens is 280 g/mol. The number of carboxylic acid groups (broad SMARTS) is 1. The number of halogens is 1. The van der Waals surface area contributed by atoms with E-state index in [4.69, 9.17) is 16.7 Å². The summed E-state index contributed by atoms with van der Waals surface area (Å²) < 4.78 is 0. The number of hydrogen-bond acceptors (Lipinski definition) is 3. The van der Waals surface area contributed by atoms with Crippen molar-refractivity contribution >= 4 is 29.7 Å². The number of aldehydes is 1. The second kappa shape index (κ2) is 4.98. The quantitative estimate of drug-likeness (QED) is 0.850. The van der Waals surface area contributed by atoms with Crippen LogP contribution >= 0.6 is 11.6 Å². The van der Waals surface area contributed by atoms with Gasteiger partial charge in [-0.05, 0) is 12.1 Å². The largest absolute Gasteiger partial charge is 0.465 e. The standard InChI is InChI=1S/C14H15ClN2O3/c15-12-2-1-9(8-18)3-13(12)16-4-10-6-17(14(19)20)7-11(10)5-16/h1-3,8,10-11H,4-7H2,(H,19,20). The van der Waals surface area contributed by atoms with E-state index < -0.39 is 6.09 Å². The number of benzene rings is 1. The number of likely N-dealkylation sites (tertiary alicyclic amines) is 1. The molecule has 2 fully saturated rings. The second-order valence-corrected chi connectivity index (χ2v) is 5.85. The van der Waals surface area contributed by atoms with E-state index in [0.717, 1.165) is 25.1 Å². The normalized spacial score (nSPS) is 24.9. The third-order valence-corrected chi connectivity index (χ3v) is 4.52. The van der Waals surface area contributed by atoms with Gasteiger partial charge < -0.3 is 14.9 Å². The maximum atomic E-state index is 11.0. The molecular formula is C14H15ClN2O3. The average Bonchev–Trinajstić information content (AvgIpc) is 2.97. The first-order chi connectivity index (χ1) is 9.58. The van der Waals surface area contributed by atoms with Gasteiger partial charge in [-0.25, -0.2) is 4.79 Å².